The first-order chi connectivity index (χ1) is 13.8. The lowest BCUT2D eigenvalue weighted by Crippen LogP contribution is -2.16. The fraction of sp³-hybridized carbons (Fsp3) is 0.125. The van der Waals surface area contributed by atoms with Crippen molar-refractivity contribution in [2.45, 2.75) is 4.90 Å². The van der Waals surface area contributed by atoms with Gasteiger partial charge in [-0.25, -0.2) is 8.42 Å². The Morgan fingerprint density at radius 1 is 1.14 bits per heavy atom. The van der Waals surface area contributed by atoms with Gasteiger partial charge in [0, 0.05) is 11.8 Å². The molecule has 0 atom stereocenters. The summed E-state index contributed by atoms with van der Waals surface area (Å²) in [5, 5.41) is 9.05. The van der Waals surface area contributed by atoms with E-state index in [1.165, 1.54) is 50.7 Å². The summed E-state index contributed by atoms with van der Waals surface area (Å²) >= 11 is 1.98. The van der Waals surface area contributed by atoms with Crippen molar-refractivity contribution in [3.8, 4) is 11.9 Å². The average Bonchev–Trinajstić information content (AvgIpc) is 3.13. The number of sulfonamides is 1. The van der Waals surface area contributed by atoms with Gasteiger partial charge in [0.25, 0.3) is 15.9 Å². The van der Waals surface area contributed by atoms with Gasteiger partial charge in [-0.15, -0.1) is 0 Å². The molecule has 3 N–H and O–H groups in total. The van der Waals surface area contributed by atoms with Gasteiger partial charge in [-0.1, -0.05) is 0 Å². The zero-order valence-electron chi connectivity index (χ0n) is 15.1. The van der Waals surface area contributed by atoms with Gasteiger partial charge in [0.1, 0.15) is 5.69 Å². The molecule has 0 saturated heterocycles. The molecular weight excluding hydrogens is 515 g/mol. The Morgan fingerprint density at radius 3 is 2.45 bits per heavy atom. The molecule has 3 aromatic rings. The fourth-order valence-electron chi connectivity index (χ4n) is 2.19. The third-order valence-corrected chi connectivity index (χ3v) is 5.74. The number of H-pyrrole nitrogens is 1. The van der Waals surface area contributed by atoms with Gasteiger partial charge >= 0.3 is 6.01 Å². The van der Waals surface area contributed by atoms with Gasteiger partial charge in [0.15, 0.2) is 5.82 Å². The van der Waals surface area contributed by atoms with E-state index in [0.717, 1.165) is 0 Å². The molecule has 0 unspecified atom stereocenters. The molecule has 1 aromatic carbocycles. The summed E-state index contributed by atoms with van der Waals surface area (Å²) in [7, 11) is -1.20. The normalized spacial score (nSPS) is 11.0. The van der Waals surface area contributed by atoms with E-state index in [-0.39, 0.29) is 28.5 Å². The number of hydrogen-bond donors (Lipinski definition) is 3. The van der Waals surface area contributed by atoms with Gasteiger partial charge in [-0.2, -0.15) is 15.1 Å². The maximum absolute atomic E-state index is 12.6. The molecule has 2 aromatic heterocycles. The molecule has 0 spiro atoms. The Bertz CT molecular complexity index is 1110. The predicted octanol–water partition coefficient (Wildman–Crippen LogP) is 1.87. The maximum Gasteiger partial charge on any atom is 0.321 e. The van der Waals surface area contributed by atoms with Gasteiger partial charge in [0.05, 0.1) is 28.9 Å². The number of halogens is 1. The van der Waals surface area contributed by atoms with Crippen LogP contribution in [0.2, 0.25) is 0 Å². The van der Waals surface area contributed by atoms with E-state index >= 15 is 0 Å². The van der Waals surface area contributed by atoms with Crippen molar-refractivity contribution >= 4 is 50.0 Å². The van der Waals surface area contributed by atoms with E-state index in [1.54, 1.807) is 0 Å². The number of carbonyl (C=O) groups is 1. The number of nitrogens with zero attached hydrogens (tertiary/aromatic N) is 3. The summed E-state index contributed by atoms with van der Waals surface area (Å²) in [4.78, 5) is 20.0. The number of hydrogen-bond acceptors (Lipinski definition) is 8. The minimum absolute atomic E-state index is 0.0140. The number of carbonyl (C=O) groups excluding carboxylic acids is 1. The first-order valence-corrected chi connectivity index (χ1v) is 10.5. The summed E-state index contributed by atoms with van der Waals surface area (Å²) in [6.07, 6.45) is 1.52. The molecule has 152 valence electrons. The second kappa shape index (κ2) is 8.60. The number of aromatic nitrogens is 4. The van der Waals surface area contributed by atoms with Gasteiger partial charge in [-0.05, 0) is 46.9 Å². The first-order valence-electron chi connectivity index (χ1n) is 7.92. The fourth-order valence-corrected chi connectivity index (χ4v) is 3.69. The lowest BCUT2D eigenvalue weighted by molar-refractivity contribution is 0.102. The minimum atomic E-state index is -3.94. The van der Waals surface area contributed by atoms with Crippen LogP contribution in [0.15, 0.2) is 41.4 Å². The number of ether oxygens (including phenoxy) is 2. The number of rotatable bonds is 7. The van der Waals surface area contributed by atoms with E-state index < -0.39 is 10.0 Å². The zero-order chi connectivity index (χ0) is 21.0. The molecule has 1 amide bonds. The van der Waals surface area contributed by atoms with Crippen LogP contribution in [-0.4, -0.2) is 48.7 Å². The second-order valence-corrected chi connectivity index (χ2v) is 8.30. The van der Waals surface area contributed by atoms with Crippen LogP contribution in [0, 0.1) is 3.57 Å². The molecule has 0 aliphatic rings. The van der Waals surface area contributed by atoms with Crippen LogP contribution in [0.3, 0.4) is 0 Å². The Kier molecular flexibility index (Phi) is 6.17. The molecular formula is C16H15IN6O5S. The molecule has 29 heavy (non-hydrogen) atoms. The zero-order valence-corrected chi connectivity index (χ0v) is 18.1. The summed E-state index contributed by atoms with van der Waals surface area (Å²) in [6, 6.07) is 6.92. The lowest BCUT2D eigenvalue weighted by Gasteiger charge is -2.10. The van der Waals surface area contributed by atoms with Crippen LogP contribution in [0.5, 0.6) is 11.9 Å². The van der Waals surface area contributed by atoms with Crippen LogP contribution in [-0.2, 0) is 10.0 Å². The SMILES string of the molecule is COc1cc(NS(=O)(=O)c2ccc(NC(=O)c3[nH]ncc3I)cc2)nc(OC)n1. The standard InChI is InChI=1S/C16H15IN6O5S/c1-27-13-7-12(20-16(21-13)28-2)23-29(25,26)10-5-3-9(4-6-10)19-15(24)14-11(17)8-18-22-14/h3-8H,1-2H3,(H,18,22)(H,19,24)(H,20,21,23). The highest BCUT2D eigenvalue weighted by Gasteiger charge is 2.18. The Balaban J connectivity index is 1.76. The third-order valence-electron chi connectivity index (χ3n) is 3.56. The molecule has 3 rings (SSSR count). The van der Waals surface area contributed by atoms with Crippen LogP contribution in [0.1, 0.15) is 10.5 Å². The second-order valence-electron chi connectivity index (χ2n) is 5.46. The van der Waals surface area contributed by atoms with Crippen molar-refractivity contribution in [1.82, 2.24) is 20.2 Å². The van der Waals surface area contributed by atoms with E-state index in [4.69, 9.17) is 9.47 Å². The molecule has 0 aliphatic heterocycles. The van der Waals surface area contributed by atoms with E-state index in [0.29, 0.717) is 15.0 Å². The minimum Gasteiger partial charge on any atom is -0.481 e. The highest BCUT2D eigenvalue weighted by Crippen LogP contribution is 2.22. The quantitative estimate of drug-likeness (QED) is 0.393. The van der Waals surface area contributed by atoms with Crippen LogP contribution >= 0.6 is 22.6 Å². The number of amides is 1. The molecule has 0 bridgehead atoms. The van der Waals surface area contributed by atoms with E-state index in [2.05, 4.69) is 30.2 Å². The molecule has 0 radical (unpaired) electrons. The van der Waals surface area contributed by atoms with E-state index in [9.17, 15) is 13.2 Å². The van der Waals surface area contributed by atoms with Gasteiger partial charge in [0.2, 0.25) is 5.88 Å². The number of nitrogens with one attached hydrogen (secondary N) is 3. The third kappa shape index (κ3) is 4.92. The predicted molar refractivity (Wildman–Crippen MR) is 112 cm³/mol. The molecule has 11 nitrogen and oxygen atoms in total. The van der Waals surface area contributed by atoms with Gasteiger partial charge < -0.3 is 14.8 Å². The number of methoxy groups -OCH3 is 2. The lowest BCUT2D eigenvalue weighted by atomic mass is 10.3. The topological polar surface area (TPSA) is 148 Å². The van der Waals surface area contributed by atoms with Crippen LogP contribution < -0.4 is 19.5 Å². The average molecular weight is 530 g/mol. The van der Waals surface area contributed by atoms with Crippen molar-refractivity contribution in [2.24, 2.45) is 0 Å². The molecule has 13 heteroatoms. The summed E-state index contributed by atoms with van der Waals surface area (Å²) < 4.78 is 38.1. The molecule has 2 heterocycles. The summed E-state index contributed by atoms with van der Waals surface area (Å²) in [5.74, 6) is -0.262. The molecule has 0 saturated carbocycles. The Morgan fingerprint density at radius 2 is 1.86 bits per heavy atom. The Labute approximate surface area is 179 Å². The number of benzene rings is 1. The Hall–Kier alpha value is -2.94. The largest absolute Gasteiger partial charge is 0.481 e. The molecule has 0 aliphatic carbocycles. The molecule has 0 fully saturated rings. The van der Waals surface area contributed by atoms with Crippen molar-refractivity contribution < 1.29 is 22.7 Å². The summed E-state index contributed by atoms with van der Waals surface area (Å²) in [6.45, 7) is 0. The number of aromatic amines is 1. The smallest absolute Gasteiger partial charge is 0.321 e. The van der Waals surface area contributed by atoms with Gasteiger partial charge in [-0.3, -0.25) is 14.6 Å². The van der Waals surface area contributed by atoms with Crippen molar-refractivity contribution in [3.05, 3.63) is 45.8 Å². The van der Waals surface area contributed by atoms with Crippen molar-refractivity contribution in [2.75, 3.05) is 24.3 Å². The number of anilines is 2. The van der Waals surface area contributed by atoms with Crippen LogP contribution in [0.25, 0.3) is 0 Å². The van der Waals surface area contributed by atoms with Crippen molar-refractivity contribution in [3.63, 3.8) is 0 Å². The highest BCUT2D eigenvalue weighted by molar-refractivity contribution is 14.1. The first kappa shape index (κ1) is 20.8. The maximum atomic E-state index is 12.6. The van der Waals surface area contributed by atoms with Crippen molar-refractivity contribution in [1.29, 1.82) is 0 Å². The highest BCUT2D eigenvalue weighted by atomic mass is 127. The summed E-state index contributed by atoms with van der Waals surface area (Å²) in [5.41, 5.74) is 0.736. The van der Waals surface area contributed by atoms with Crippen LogP contribution in [0.4, 0.5) is 11.5 Å². The van der Waals surface area contributed by atoms with E-state index in [1.807, 2.05) is 22.6 Å². The monoisotopic (exact) mass is 530 g/mol.